The zero-order chi connectivity index (χ0) is 13.1. The molecule has 0 saturated carbocycles. The molecule has 0 aliphatic rings. The largest absolute Gasteiger partial charge is 0.421 e. The van der Waals surface area contributed by atoms with Gasteiger partial charge >= 0.3 is 6.18 Å². The number of hydrogen-bond acceptors (Lipinski definition) is 2. The summed E-state index contributed by atoms with van der Waals surface area (Å²) in [6, 6.07) is 5.55. The lowest BCUT2D eigenvalue weighted by molar-refractivity contribution is -0.262. The summed E-state index contributed by atoms with van der Waals surface area (Å²) in [5.41, 5.74) is 4.92. The van der Waals surface area contributed by atoms with Gasteiger partial charge in [0.1, 0.15) is 0 Å². The van der Waals surface area contributed by atoms with Crippen molar-refractivity contribution < 1.29 is 18.3 Å². The van der Waals surface area contributed by atoms with Gasteiger partial charge in [0.15, 0.2) is 5.60 Å². The molecule has 4 nitrogen and oxygen atoms in total. The van der Waals surface area contributed by atoms with Crippen molar-refractivity contribution in [3.63, 3.8) is 0 Å². The SMILES string of the molecule is Cc1ccccc1C(O)(CN=[N+]=[N-])C(F)(F)F. The molecule has 0 aliphatic heterocycles. The van der Waals surface area contributed by atoms with Gasteiger partial charge in [-0.3, -0.25) is 0 Å². The molecule has 0 bridgehead atoms. The zero-order valence-electron chi connectivity index (χ0n) is 8.94. The summed E-state index contributed by atoms with van der Waals surface area (Å²) >= 11 is 0. The van der Waals surface area contributed by atoms with Gasteiger partial charge in [-0.1, -0.05) is 29.4 Å². The van der Waals surface area contributed by atoms with Crippen molar-refractivity contribution in [2.45, 2.75) is 18.7 Å². The standard InChI is InChI=1S/C10H10F3N3O/c1-7-4-2-3-5-8(7)9(17,6-15-16-14)10(11,12)13/h2-5,17H,6H2,1H3. The van der Waals surface area contributed by atoms with E-state index < -0.39 is 18.3 Å². The molecule has 0 amide bonds. The maximum atomic E-state index is 12.9. The molecule has 1 aromatic carbocycles. The van der Waals surface area contributed by atoms with Gasteiger partial charge in [0.25, 0.3) is 0 Å². The number of rotatable bonds is 3. The summed E-state index contributed by atoms with van der Waals surface area (Å²) in [6.07, 6.45) is -4.91. The van der Waals surface area contributed by atoms with Gasteiger partial charge in [-0.15, -0.1) is 0 Å². The molecule has 1 N–H and O–H groups in total. The van der Waals surface area contributed by atoms with Crippen molar-refractivity contribution in [3.05, 3.63) is 45.8 Å². The quantitative estimate of drug-likeness (QED) is 0.496. The maximum Gasteiger partial charge on any atom is 0.421 e. The summed E-state index contributed by atoms with van der Waals surface area (Å²) < 4.78 is 38.6. The molecular formula is C10H10F3N3O. The number of halogens is 3. The van der Waals surface area contributed by atoms with Gasteiger partial charge in [0.2, 0.25) is 0 Å². The fourth-order valence-corrected chi connectivity index (χ4v) is 1.50. The molecule has 1 unspecified atom stereocenters. The molecule has 0 aromatic heterocycles. The van der Waals surface area contributed by atoms with Crippen LogP contribution in [-0.4, -0.2) is 17.8 Å². The Hall–Kier alpha value is -1.72. The minimum Gasteiger partial charge on any atom is -0.376 e. The normalized spacial score (nSPS) is 14.9. The fraction of sp³-hybridized carbons (Fsp3) is 0.400. The van der Waals surface area contributed by atoms with Gasteiger partial charge in [-0.25, -0.2) is 0 Å². The Morgan fingerprint density at radius 2 is 1.94 bits per heavy atom. The van der Waals surface area contributed by atoms with Crippen molar-refractivity contribution in [3.8, 4) is 0 Å². The van der Waals surface area contributed by atoms with Crippen LogP contribution in [0.1, 0.15) is 11.1 Å². The minimum absolute atomic E-state index is 0.278. The highest BCUT2D eigenvalue weighted by Crippen LogP contribution is 2.40. The molecule has 0 saturated heterocycles. The molecule has 0 aliphatic carbocycles. The minimum atomic E-state index is -4.91. The summed E-state index contributed by atoms with van der Waals surface area (Å²) in [6.45, 7) is 0.361. The van der Waals surface area contributed by atoms with E-state index in [0.29, 0.717) is 0 Å². The molecule has 0 radical (unpaired) electrons. The van der Waals surface area contributed by atoms with Crippen molar-refractivity contribution in [1.82, 2.24) is 0 Å². The Labute approximate surface area is 95.3 Å². The van der Waals surface area contributed by atoms with Crippen LogP contribution < -0.4 is 0 Å². The van der Waals surface area contributed by atoms with Crippen LogP contribution in [0, 0.1) is 6.92 Å². The first kappa shape index (κ1) is 13.3. The Kier molecular flexibility index (Phi) is 3.65. The van der Waals surface area contributed by atoms with Crippen molar-refractivity contribution in [2.75, 3.05) is 6.54 Å². The number of nitrogens with zero attached hydrogens (tertiary/aromatic N) is 3. The highest BCUT2D eigenvalue weighted by Gasteiger charge is 2.54. The first-order chi connectivity index (χ1) is 7.83. The van der Waals surface area contributed by atoms with Crippen LogP contribution in [0.2, 0.25) is 0 Å². The Morgan fingerprint density at radius 3 is 2.41 bits per heavy atom. The van der Waals surface area contributed by atoms with E-state index in [2.05, 4.69) is 10.0 Å². The summed E-state index contributed by atoms with van der Waals surface area (Å²) in [7, 11) is 0. The van der Waals surface area contributed by atoms with Gasteiger partial charge in [0, 0.05) is 4.91 Å². The third kappa shape index (κ3) is 2.51. The lowest BCUT2D eigenvalue weighted by Crippen LogP contribution is -2.45. The van der Waals surface area contributed by atoms with E-state index in [1.807, 2.05) is 0 Å². The van der Waals surface area contributed by atoms with Gasteiger partial charge in [-0.05, 0) is 23.6 Å². The third-order valence-electron chi connectivity index (χ3n) is 2.42. The molecule has 7 heteroatoms. The third-order valence-corrected chi connectivity index (χ3v) is 2.42. The van der Waals surface area contributed by atoms with E-state index in [1.165, 1.54) is 19.1 Å². The predicted octanol–water partition coefficient (Wildman–Crippen LogP) is 3.06. The van der Waals surface area contributed by atoms with E-state index in [1.54, 1.807) is 6.07 Å². The Morgan fingerprint density at radius 1 is 1.35 bits per heavy atom. The highest BCUT2D eigenvalue weighted by molar-refractivity contribution is 5.33. The molecule has 0 heterocycles. The first-order valence-electron chi connectivity index (χ1n) is 4.69. The number of aryl methyl sites for hydroxylation is 1. The smallest absolute Gasteiger partial charge is 0.376 e. The summed E-state index contributed by atoms with van der Waals surface area (Å²) in [5, 5.41) is 12.6. The fourth-order valence-electron chi connectivity index (χ4n) is 1.50. The first-order valence-corrected chi connectivity index (χ1v) is 4.69. The Bertz CT molecular complexity index is 454. The van der Waals surface area contributed by atoms with Crippen LogP contribution >= 0.6 is 0 Å². The lowest BCUT2D eigenvalue weighted by atomic mass is 9.89. The number of benzene rings is 1. The molecule has 0 fully saturated rings. The zero-order valence-corrected chi connectivity index (χ0v) is 8.94. The molecule has 1 rings (SSSR count). The number of alkyl halides is 3. The maximum absolute atomic E-state index is 12.9. The van der Waals surface area contributed by atoms with Gasteiger partial charge in [0.05, 0.1) is 6.54 Å². The van der Waals surface area contributed by atoms with E-state index in [9.17, 15) is 18.3 Å². The number of aliphatic hydroxyl groups is 1. The van der Waals surface area contributed by atoms with E-state index in [4.69, 9.17) is 5.53 Å². The van der Waals surface area contributed by atoms with Crippen LogP contribution in [0.3, 0.4) is 0 Å². The molecule has 1 aromatic rings. The summed E-state index contributed by atoms with van der Waals surface area (Å²) in [4.78, 5) is 2.25. The van der Waals surface area contributed by atoms with Crippen molar-refractivity contribution in [1.29, 1.82) is 0 Å². The van der Waals surface area contributed by atoms with E-state index in [0.717, 1.165) is 6.07 Å². The molecule has 1 atom stereocenters. The van der Waals surface area contributed by atoms with Crippen LogP contribution in [-0.2, 0) is 5.60 Å². The Balaban J connectivity index is 3.34. The molecule has 17 heavy (non-hydrogen) atoms. The van der Waals surface area contributed by atoms with Gasteiger partial charge in [-0.2, -0.15) is 13.2 Å². The van der Waals surface area contributed by atoms with Crippen LogP contribution in [0.25, 0.3) is 10.4 Å². The second-order valence-corrected chi connectivity index (χ2v) is 3.56. The molecule has 0 spiro atoms. The highest BCUT2D eigenvalue weighted by atomic mass is 19.4. The molecule has 92 valence electrons. The predicted molar refractivity (Wildman–Crippen MR) is 55.1 cm³/mol. The second kappa shape index (κ2) is 4.65. The van der Waals surface area contributed by atoms with Gasteiger partial charge < -0.3 is 5.11 Å². The van der Waals surface area contributed by atoms with E-state index in [-0.39, 0.29) is 11.1 Å². The number of hydrogen-bond donors (Lipinski definition) is 1. The lowest BCUT2D eigenvalue weighted by Gasteiger charge is -2.30. The van der Waals surface area contributed by atoms with E-state index >= 15 is 0 Å². The van der Waals surface area contributed by atoms with Crippen LogP contribution in [0.4, 0.5) is 13.2 Å². The topological polar surface area (TPSA) is 69.0 Å². The second-order valence-electron chi connectivity index (χ2n) is 3.56. The average molecular weight is 245 g/mol. The molecular weight excluding hydrogens is 235 g/mol. The average Bonchev–Trinajstić information content (AvgIpc) is 2.25. The van der Waals surface area contributed by atoms with Crippen LogP contribution in [0.5, 0.6) is 0 Å². The monoisotopic (exact) mass is 245 g/mol. The van der Waals surface area contributed by atoms with Crippen molar-refractivity contribution in [2.24, 2.45) is 5.11 Å². The van der Waals surface area contributed by atoms with Crippen molar-refractivity contribution >= 4 is 0 Å². The number of azide groups is 1. The van der Waals surface area contributed by atoms with Crippen LogP contribution in [0.15, 0.2) is 29.4 Å². The summed E-state index contributed by atoms with van der Waals surface area (Å²) in [5.74, 6) is 0.